The summed E-state index contributed by atoms with van der Waals surface area (Å²) in [5, 5.41) is 12.2. The molecule has 1 aliphatic rings. The van der Waals surface area contributed by atoms with E-state index in [2.05, 4.69) is 25.1 Å². The van der Waals surface area contributed by atoms with Crippen molar-refractivity contribution >= 4 is 23.4 Å². The standard InChI is InChI=1S/C20H21N5OS/c1-13-3-5-16(6-4-13)22-19(26)14(2)27-20-24-23-18(25(20)17-7-8-17)15-9-11-21-12-10-15/h3-6,9-12,14,17H,7-8H2,1-2H3,(H,22,26)/t14-/m1/s1. The zero-order valence-corrected chi connectivity index (χ0v) is 16.1. The summed E-state index contributed by atoms with van der Waals surface area (Å²) in [7, 11) is 0. The summed E-state index contributed by atoms with van der Waals surface area (Å²) in [5.41, 5.74) is 2.96. The molecule has 0 saturated heterocycles. The van der Waals surface area contributed by atoms with E-state index in [0.717, 1.165) is 40.6 Å². The number of aromatic nitrogens is 4. The minimum absolute atomic E-state index is 0.0420. The Kier molecular flexibility index (Phi) is 4.94. The van der Waals surface area contributed by atoms with Crippen LogP contribution in [0.25, 0.3) is 11.4 Å². The first-order valence-electron chi connectivity index (χ1n) is 9.01. The van der Waals surface area contributed by atoms with Crippen LogP contribution >= 0.6 is 11.8 Å². The third-order valence-electron chi connectivity index (χ3n) is 4.49. The van der Waals surface area contributed by atoms with Crippen LogP contribution in [-0.2, 0) is 4.79 Å². The first-order chi connectivity index (χ1) is 13.1. The Morgan fingerprint density at radius 2 is 1.85 bits per heavy atom. The highest BCUT2D eigenvalue weighted by atomic mass is 32.2. The van der Waals surface area contributed by atoms with E-state index in [4.69, 9.17) is 0 Å². The minimum atomic E-state index is -0.279. The van der Waals surface area contributed by atoms with E-state index in [1.54, 1.807) is 12.4 Å². The fraction of sp³-hybridized carbons (Fsp3) is 0.300. The zero-order chi connectivity index (χ0) is 18.8. The normalized spacial score (nSPS) is 14.7. The minimum Gasteiger partial charge on any atom is -0.325 e. The number of aryl methyl sites for hydroxylation is 1. The van der Waals surface area contributed by atoms with Gasteiger partial charge in [-0.25, -0.2) is 0 Å². The Bertz CT molecular complexity index is 935. The van der Waals surface area contributed by atoms with Crippen LogP contribution in [0.5, 0.6) is 0 Å². The number of carbonyl (C=O) groups excluding carboxylic acids is 1. The smallest absolute Gasteiger partial charge is 0.237 e. The number of hydrogen-bond donors (Lipinski definition) is 1. The maximum atomic E-state index is 12.6. The maximum absolute atomic E-state index is 12.6. The largest absolute Gasteiger partial charge is 0.325 e. The van der Waals surface area contributed by atoms with Gasteiger partial charge in [-0.15, -0.1) is 10.2 Å². The van der Waals surface area contributed by atoms with Gasteiger partial charge in [0.05, 0.1) is 5.25 Å². The summed E-state index contributed by atoms with van der Waals surface area (Å²) < 4.78 is 2.16. The van der Waals surface area contributed by atoms with Crippen LogP contribution in [0.3, 0.4) is 0 Å². The van der Waals surface area contributed by atoms with Crippen LogP contribution in [0, 0.1) is 6.92 Å². The van der Waals surface area contributed by atoms with Crippen molar-refractivity contribution in [2.45, 2.75) is 43.1 Å². The fourth-order valence-electron chi connectivity index (χ4n) is 2.81. The number of rotatable bonds is 6. The van der Waals surface area contributed by atoms with Crippen molar-refractivity contribution < 1.29 is 4.79 Å². The number of pyridine rings is 1. The van der Waals surface area contributed by atoms with Crippen LogP contribution in [0.2, 0.25) is 0 Å². The second-order valence-electron chi connectivity index (χ2n) is 6.76. The van der Waals surface area contributed by atoms with Crippen molar-refractivity contribution in [1.29, 1.82) is 0 Å². The van der Waals surface area contributed by atoms with E-state index in [1.165, 1.54) is 11.8 Å². The van der Waals surface area contributed by atoms with Gasteiger partial charge in [0.1, 0.15) is 0 Å². The monoisotopic (exact) mass is 379 g/mol. The van der Waals surface area contributed by atoms with Crippen LogP contribution in [-0.4, -0.2) is 30.9 Å². The van der Waals surface area contributed by atoms with E-state index < -0.39 is 0 Å². The number of thioether (sulfide) groups is 1. The van der Waals surface area contributed by atoms with E-state index in [1.807, 2.05) is 50.2 Å². The van der Waals surface area contributed by atoms with E-state index >= 15 is 0 Å². The molecule has 1 amide bonds. The fourth-order valence-corrected chi connectivity index (χ4v) is 3.73. The zero-order valence-electron chi connectivity index (χ0n) is 15.3. The lowest BCUT2D eigenvalue weighted by atomic mass is 10.2. The van der Waals surface area contributed by atoms with Crippen molar-refractivity contribution in [1.82, 2.24) is 19.7 Å². The van der Waals surface area contributed by atoms with Crippen molar-refractivity contribution in [2.24, 2.45) is 0 Å². The molecule has 2 heterocycles. The molecule has 4 rings (SSSR count). The second-order valence-corrected chi connectivity index (χ2v) is 8.07. The number of hydrogen-bond acceptors (Lipinski definition) is 5. The molecule has 3 aromatic rings. The first kappa shape index (κ1) is 17.7. The molecule has 1 saturated carbocycles. The predicted octanol–water partition coefficient (Wildman–Crippen LogP) is 4.10. The van der Waals surface area contributed by atoms with Crippen molar-refractivity contribution in [2.75, 3.05) is 5.32 Å². The topological polar surface area (TPSA) is 72.7 Å². The van der Waals surface area contributed by atoms with Gasteiger partial charge < -0.3 is 5.32 Å². The molecule has 138 valence electrons. The molecular weight excluding hydrogens is 358 g/mol. The van der Waals surface area contributed by atoms with Crippen molar-refractivity contribution in [3.63, 3.8) is 0 Å². The quantitative estimate of drug-likeness (QED) is 0.653. The highest BCUT2D eigenvalue weighted by Gasteiger charge is 2.31. The second kappa shape index (κ2) is 7.52. The van der Waals surface area contributed by atoms with Crippen LogP contribution in [0.15, 0.2) is 53.9 Å². The van der Waals surface area contributed by atoms with Gasteiger partial charge in [0.2, 0.25) is 5.91 Å². The molecule has 7 heteroatoms. The molecule has 0 spiro atoms. The average Bonchev–Trinajstić information content (AvgIpc) is 3.44. The number of benzene rings is 1. The molecule has 1 atom stereocenters. The third-order valence-corrected chi connectivity index (χ3v) is 5.54. The highest BCUT2D eigenvalue weighted by molar-refractivity contribution is 8.00. The van der Waals surface area contributed by atoms with Gasteiger partial charge in [0.25, 0.3) is 0 Å². The van der Waals surface area contributed by atoms with Crippen LogP contribution < -0.4 is 5.32 Å². The number of anilines is 1. The molecule has 0 unspecified atom stereocenters. The van der Waals surface area contributed by atoms with Crippen LogP contribution in [0.4, 0.5) is 5.69 Å². The lowest BCUT2D eigenvalue weighted by Crippen LogP contribution is -2.22. The Labute approximate surface area is 162 Å². The van der Waals surface area contributed by atoms with E-state index in [-0.39, 0.29) is 11.2 Å². The summed E-state index contributed by atoms with van der Waals surface area (Å²) in [6.07, 6.45) is 5.75. The molecule has 6 nitrogen and oxygen atoms in total. The predicted molar refractivity (Wildman–Crippen MR) is 107 cm³/mol. The van der Waals surface area contributed by atoms with Gasteiger partial charge in [-0.05, 0) is 51.0 Å². The summed E-state index contributed by atoms with van der Waals surface area (Å²) in [6, 6.07) is 12.1. The molecule has 1 aromatic carbocycles. The first-order valence-corrected chi connectivity index (χ1v) is 9.89. The molecule has 0 radical (unpaired) electrons. The van der Waals surface area contributed by atoms with Gasteiger partial charge in [-0.1, -0.05) is 29.5 Å². The lowest BCUT2D eigenvalue weighted by molar-refractivity contribution is -0.115. The molecule has 1 fully saturated rings. The molecule has 1 aliphatic carbocycles. The van der Waals surface area contributed by atoms with Gasteiger partial charge in [0.15, 0.2) is 11.0 Å². The van der Waals surface area contributed by atoms with Gasteiger partial charge in [-0.3, -0.25) is 14.3 Å². The number of amides is 1. The summed E-state index contributed by atoms with van der Waals surface area (Å²) in [6.45, 7) is 3.92. The molecular formula is C20H21N5OS. The highest BCUT2D eigenvalue weighted by Crippen LogP contribution is 2.41. The summed E-state index contributed by atoms with van der Waals surface area (Å²) >= 11 is 1.45. The SMILES string of the molecule is Cc1ccc(NC(=O)[C@@H](C)Sc2nnc(-c3ccncc3)n2C2CC2)cc1. The van der Waals surface area contributed by atoms with Crippen molar-refractivity contribution in [3.05, 3.63) is 54.4 Å². The molecule has 0 aliphatic heterocycles. The summed E-state index contributed by atoms with van der Waals surface area (Å²) in [5.74, 6) is 0.799. The molecule has 2 aromatic heterocycles. The Hall–Kier alpha value is -2.67. The number of nitrogens with zero attached hydrogens (tertiary/aromatic N) is 4. The Morgan fingerprint density at radius 1 is 1.15 bits per heavy atom. The lowest BCUT2D eigenvalue weighted by Gasteiger charge is -2.13. The molecule has 0 bridgehead atoms. The molecule has 27 heavy (non-hydrogen) atoms. The average molecular weight is 379 g/mol. The Morgan fingerprint density at radius 3 is 2.52 bits per heavy atom. The summed E-state index contributed by atoms with van der Waals surface area (Å²) in [4.78, 5) is 16.6. The van der Waals surface area contributed by atoms with E-state index in [0.29, 0.717) is 6.04 Å². The van der Waals surface area contributed by atoms with Gasteiger partial charge in [-0.2, -0.15) is 0 Å². The Balaban J connectivity index is 1.51. The number of carbonyl (C=O) groups is 1. The van der Waals surface area contributed by atoms with Gasteiger partial charge in [0, 0.05) is 29.7 Å². The molecule has 1 N–H and O–H groups in total. The van der Waals surface area contributed by atoms with Crippen LogP contribution in [0.1, 0.15) is 31.4 Å². The maximum Gasteiger partial charge on any atom is 0.237 e. The van der Waals surface area contributed by atoms with Gasteiger partial charge >= 0.3 is 0 Å². The third kappa shape index (κ3) is 4.03. The van der Waals surface area contributed by atoms with Crippen molar-refractivity contribution in [3.8, 4) is 11.4 Å². The van der Waals surface area contributed by atoms with E-state index in [9.17, 15) is 4.79 Å². The number of nitrogens with one attached hydrogen (secondary N) is 1.